The van der Waals surface area contributed by atoms with Crippen molar-refractivity contribution in [3.8, 4) is 0 Å². The fraction of sp³-hybridized carbons (Fsp3) is 0. The van der Waals surface area contributed by atoms with Crippen molar-refractivity contribution in [3.05, 3.63) is 65.0 Å². The predicted octanol–water partition coefficient (Wildman–Crippen LogP) is 1.99. The molecule has 21 heavy (non-hydrogen) atoms. The number of anilines is 1. The van der Waals surface area contributed by atoms with Gasteiger partial charge >= 0.3 is 0 Å². The summed E-state index contributed by atoms with van der Waals surface area (Å²) < 4.78 is 0. The molecule has 4 rings (SSSR count). The highest BCUT2D eigenvalue weighted by atomic mass is 16.1. The standard InChI is InChI=1S/C16H9N3O2/c17-9-5-3-4-8-12(9)16(21)14-13(15(8)20)18-10-6-1-2-7-11(10)19-14/h1-7H,17H2. The Bertz CT molecular complexity index is 947. The van der Waals surface area contributed by atoms with E-state index in [-0.39, 0.29) is 39.8 Å². The first kappa shape index (κ1) is 11.7. The number of rotatable bonds is 0. The van der Waals surface area contributed by atoms with E-state index in [0.29, 0.717) is 11.0 Å². The van der Waals surface area contributed by atoms with Crippen molar-refractivity contribution >= 4 is 28.3 Å². The van der Waals surface area contributed by atoms with Gasteiger partial charge in [0, 0.05) is 11.3 Å². The van der Waals surface area contributed by atoms with E-state index >= 15 is 0 Å². The molecule has 0 saturated heterocycles. The molecule has 0 bridgehead atoms. The average molecular weight is 275 g/mol. The number of para-hydroxylation sites is 2. The van der Waals surface area contributed by atoms with Crippen molar-refractivity contribution in [2.75, 3.05) is 5.73 Å². The topological polar surface area (TPSA) is 85.9 Å². The molecule has 0 saturated carbocycles. The van der Waals surface area contributed by atoms with Crippen molar-refractivity contribution < 1.29 is 9.59 Å². The smallest absolute Gasteiger partial charge is 0.216 e. The Kier molecular flexibility index (Phi) is 2.21. The number of nitrogens with zero attached hydrogens (tertiary/aromatic N) is 2. The van der Waals surface area contributed by atoms with Crippen LogP contribution >= 0.6 is 0 Å². The molecule has 0 fully saturated rings. The number of hydrogen-bond donors (Lipinski definition) is 1. The van der Waals surface area contributed by atoms with Crippen LogP contribution in [0.5, 0.6) is 0 Å². The molecule has 0 radical (unpaired) electrons. The second-order valence-corrected chi connectivity index (χ2v) is 4.84. The van der Waals surface area contributed by atoms with E-state index in [1.54, 1.807) is 36.4 Å². The molecule has 0 amide bonds. The summed E-state index contributed by atoms with van der Waals surface area (Å²) in [6, 6.07) is 12.0. The number of benzene rings is 2. The molecule has 0 atom stereocenters. The monoisotopic (exact) mass is 275 g/mol. The molecule has 1 aromatic heterocycles. The maximum Gasteiger partial charge on any atom is 0.216 e. The molecule has 5 nitrogen and oxygen atoms in total. The van der Waals surface area contributed by atoms with Gasteiger partial charge in [0.2, 0.25) is 11.6 Å². The summed E-state index contributed by atoms with van der Waals surface area (Å²) in [5.41, 5.74) is 7.97. The van der Waals surface area contributed by atoms with Crippen LogP contribution in [0.15, 0.2) is 42.5 Å². The second-order valence-electron chi connectivity index (χ2n) is 4.84. The second kappa shape index (κ2) is 3.96. The molecule has 5 heteroatoms. The first-order valence-corrected chi connectivity index (χ1v) is 6.41. The van der Waals surface area contributed by atoms with Crippen LogP contribution in [0.1, 0.15) is 32.1 Å². The van der Waals surface area contributed by atoms with Crippen molar-refractivity contribution in [2.24, 2.45) is 0 Å². The van der Waals surface area contributed by atoms with Crippen molar-refractivity contribution in [1.82, 2.24) is 9.97 Å². The van der Waals surface area contributed by atoms with E-state index in [4.69, 9.17) is 5.73 Å². The van der Waals surface area contributed by atoms with Crippen LogP contribution < -0.4 is 5.73 Å². The Morgan fingerprint density at radius 1 is 0.762 bits per heavy atom. The number of nitrogens with two attached hydrogens (primary N) is 1. The highest BCUT2D eigenvalue weighted by Gasteiger charge is 2.33. The quantitative estimate of drug-likeness (QED) is 0.496. The molecule has 1 heterocycles. The number of nitrogen functional groups attached to an aromatic ring is 1. The van der Waals surface area contributed by atoms with E-state index in [1.165, 1.54) is 0 Å². The molecule has 2 aromatic carbocycles. The summed E-state index contributed by atoms with van der Waals surface area (Å²) in [7, 11) is 0. The highest BCUT2D eigenvalue weighted by Crippen LogP contribution is 2.29. The minimum Gasteiger partial charge on any atom is -0.398 e. The Labute approximate surface area is 119 Å². The molecule has 2 N–H and O–H groups in total. The third kappa shape index (κ3) is 1.51. The number of fused-ring (bicyclic) bond motifs is 3. The van der Waals surface area contributed by atoms with Gasteiger partial charge in [-0.05, 0) is 18.2 Å². The van der Waals surface area contributed by atoms with E-state index in [1.807, 2.05) is 6.07 Å². The van der Waals surface area contributed by atoms with E-state index in [2.05, 4.69) is 9.97 Å². The first-order valence-electron chi connectivity index (χ1n) is 6.41. The zero-order valence-corrected chi connectivity index (χ0v) is 10.8. The van der Waals surface area contributed by atoms with Gasteiger partial charge in [0.1, 0.15) is 11.4 Å². The number of carbonyl (C=O) groups excluding carboxylic acids is 2. The van der Waals surface area contributed by atoms with E-state index < -0.39 is 0 Å². The molecule has 3 aromatic rings. The Morgan fingerprint density at radius 2 is 1.38 bits per heavy atom. The van der Waals surface area contributed by atoms with Gasteiger partial charge in [-0.15, -0.1) is 0 Å². The first-order chi connectivity index (χ1) is 10.2. The number of aromatic nitrogens is 2. The van der Waals surface area contributed by atoms with Crippen LogP contribution in [0.3, 0.4) is 0 Å². The van der Waals surface area contributed by atoms with Crippen LogP contribution in [-0.4, -0.2) is 21.5 Å². The number of ketones is 2. The molecular weight excluding hydrogens is 266 g/mol. The molecule has 100 valence electrons. The van der Waals surface area contributed by atoms with Crippen LogP contribution in [0, 0.1) is 0 Å². The summed E-state index contributed by atoms with van der Waals surface area (Å²) in [5.74, 6) is -0.666. The third-order valence-corrected chi connectivity index (χ3v) is 3.57. The lowest BCUT2D eigenvalue weighted by Crippen LogP contribution is -2.25. The fourth-order valence-electron chi connectivity index (χ4n) is 2.58. The summed E-state index contributed by atoms with van der Waals surface area (Å²) in [6.07, 6.45) is 0. The van der Waals surface area contributed by atoms with Gasteiger partial charge < -0.3 is 5.73 Å². The van der Waals surface area contributed by atoms with Crippen molar-refractivity contribution in [3.63, 3.8) is 0 Å². The van der Waals surface area contributed by atoms with Gasteiger partial charge in [0.25, 0.3) is 0 Å². The highest BCUT2D eigenvalue weighted by molar-refractivity contribution is 6.29. The lowest BCUT2D eigenvalue weighted by atomic mass is 9.88. The number of hydrogen-bond acceptors (Lipinski definition) is 5. The fourth-order valence-corrected chi connectivity index (χ4v) is 2.58. The molecular formula is C16H9N3O2. The summed E-state index contributed by atoms with van der Waals surface area (Å²) in [5, 5.41) is 0. The van der Waals surface area contributed by atoms with Crippen LogP contribution in [-0.2, 0) is 0 Å². The van der Waals surface area contributed by atoms with Gasteiger partial charge in [-0.1, -0.05) is 24.3 Å². The molecule has 1 aliphatic rings. The van der Waals surface area contributed by atoms with Gasteiger partial charge in [-0.2, -0.15) is 0 Å². The maximum absolute atomic E-state index is 12.6. The minimum absolute atomic E-state index is 0.0732. The Balaban J connectivity index is 2.09. The maximum atomic E-state index is 12.6. The number of carbonyl (C=O) groups is 2. The SMILES string of the molecule is Nc1cccc2c1C(=O)c1nc3ccccc3nc1C2=O. The predicted molar refractivity (Wildman–Crippen MR) is 77.3 cm³/mol. The minimum atomic E-state index is -0.351. The molecule has 0 unspecified atom stereocenters. The van der Waals surface area contributed by atoms with Crippen LogP contribution in [0.2, 0.25) is 0 Å². The lowest BCUT2D eigenvalue weighted by Gasteiger charge is -2.17. The molecule has 0 spiro atoms. The zero-order chi connectivity index (χ0) is 14.6. The van der Waals surface area contributed by atoms with Gasteiger partial charge in [-0.25, -0.2) is 9.97 Å². The summed E-state index contributed by atoms with van der Waals surface area (Å²) in [4.78, 5) is 33.7. The average Bonchev–Trinajstić information content (AvgIpc) is 2.51. The van der Waals surface area contributed by atoms with Gasteiger partial charge in [0.05, 0.1) is 16.6 Å². The zero-order valence-electron chi connectivity index (χ0n) is 10.8. The van der Waals surface area contributed by atoms with Crippen molar-refractivity contribution in [1.29, 1.82) is 0 Å². The molecule has 0 aliphatic heterocycles. The van der Waals surface area contributed by atoms with E-state index in [0.717, 1.165) is 0 Å². The third-order valence-electron chi connectivity index (χ3n) is 3.57. The summed E-state index contributed by atoms with van der Waals surface area (Å²) >= 11 is 0. The van der Waals surface area contributed by atoms with E-state index in [9.17, 15) is 9.59 Å². The van der Waals surface area contributed by atoms with Gasteiger partial charge in [0.15, 0.2) is 0 Å². The lowest BCUT2D eigenvalue weighted by molar-refractivity contribution is 0.0973. The van der Waals surface area contributed by atoms with Gasteiger partial charge in [-0.3, -0.25) is 9.59 Å². The van der Waals surface area contributed by atoms with Crippen LogP contribution in [0.4, 0.5) is 5.69 Å². The van der Waals surface area contributed by atoms with Crippen molar-refractivity contribution in [2.45, 2.75) is 0 Å². The Morgan fingerprint density at radius 3 is 2.05 bits per heavy atom. The largest absolute Gasteiger partial charge is 0.398 e. The summed E-state index contributed by atoms with van der Waals surface area (Å²) in [6.45, 7) is 0. The van der Waals surface area contributed by atoms with Crippen LogP contribution in [0.25, 0.3) is 11.0 Å². The normalized spacial score (nSPS) is 13.1. The Hall–Kier alpha value is -3.08. The molecule has 1 aliphatic carbocycles.